The zero-order valence-corrected chi connectivity index (χ0v) is 25.5. The third-order valence-electron chi connectivity index (χ3n) is 9.27. The molecule has 0 saturated heterocycles. The molecule has 0 radical (unpaired) electrons. The highest BCUT2D eigenvalue weighted by atomic mass is 32.1. The van der Waals surface area contributed by atoms with E-state index in [-0.39, 0.29) is 0 Å². The van der Waals surface area contributed by atoms with Crippen molar-refractivity contribution >= 4 is 75.3 Å². The topological polar surface area (TPSA) is 26.0 Å². The van der Waals surface area contributed by atoms with E-state index in [1.54, 1.807) is 11.3 Å². The number of fused-ring (bicyclic) bond motifs is 8. The van der Waals surface area contributed by atoms with Crippen LogP contribution in [0.2, 0.25) is 0 Å². The van der Waals surface area contributed by atoms with Gasteiger partial charge in [-0.1, -0.05) is 133 Å². The van der Waals surface area contributed by atoms with Crippen molar-refractivity contribution in [2.75, 3.05) is 0 Å². The van der Waals surface area contributed by atoms with Gasteiger partial charge in [0.1, 0.15) is 11.1 Å². The van der Waals surface area contributed by atoms with Crippen LogP contribution in [-0.4, -0.2) is 4.98 Å². The quantitative estimate of drug-likeness (QED) is 0.188. The molecule has 0 bridgehead atoms. The zero-order valence-electron chi connectivity index (χ0n) is 24.7. The van der Waals surface area contributed by atoms with E-state index in [0.717, 1.165) is 43.4 Å². The number of furan rings is 1. The third kappa shape index (κ3) is 3.67. The molecule has 2 nitrogen and oxygen atoms in total. The minimum absolute atomic E-state index is 0.844. The molecule has 0 N–H and O–H groups in total. The van der Waals surface area contributed by atoms with Crippen molar-refractivity contribution in [3.63, 3.8) is 0 Å². The Morgan fingerprint density at radius 3 is 1.50 bits per heavy atom. The molecule has 7 aromatic carbocycles. The van der Waals surface area contributed by atoms with Crippen LogP contribution in [0.15, 0.2) is 156 Å². The van der Waals surface area contributed by atoms with Crippen LogP contribution in [0.25, 0.3) is 97.3 Å². The van der Waals surface area contributed by atoms with Crippen LogP contribution in [0.3, 0.4) is 0 Å². The lowest BCUT2D eigenvalue weighted by molar-refractivity contribution is 0.670. The molecule has 0 fully saturated rings. The van der Waals surface area contributed by atoms with E-state index in [2.05, 4.69) is 140 Å². The number of nitrogens with zero attached hydrogens (tertiary/aromatic N) is 1. The van der Waals surface area contributed by atoms with E-state index < -0.39 is 0 Å². The summed E-state index contributed by atoms with van der Waals surface area (Å²) < 4.78 is 8.96. The van der Waals surface area contributed by atoms with Crippen molar-refractivity contribution < 1.29 is 4.42 Å². The highest BCUT2D eigenvalue weighted by Crippen LogP contribution is 2.47. The van der Waals surface area contributed by atoms with Crippen LogP contribution in [0.5, 0.6) is 0 Å². The van der Waals surface area contributed by atoms with Gasteiger partial charge in [0.05, 0.1) is 10.2 Å². The molecule has 0 saturated carbocycles. The van der Waals surface area contributed by atoms with Gasteiger partial charge in [-0.15, -0.1) is 11.3 Å². The van der Waals surface area contributed by atoms with Gasteiger partial charge < -0.3 is 4.42 Å². The van der Waals surface area contributed by atoms with E-state index in [4.69, 9.17) is 9.40 Å². The van der Waals surface area contributed by atoms with Crippen LogP contribution in [0.1, 0.15) is 0 Å². The normalized spacial score (nSPS) is 11.9. The van der Waals surface area contributed by atoms with Crippen LogP contribution in [0, 0.1) is 0 Å². The van der Waals surface area contributed by atoms with Crippen LogP contribution < -0.4 is 0 Å². The second kappa shape index (κ2) is 9.87. The number of benzene rings is 7. The first-order valence-electron chi connectivity index (χ1n) is 15.6. The first-order chi connectivity index (χ1) is 22.8. The average Bonchev–Trinajstić information content (AvgIpc) is 3.68. The number of thiophene rings is 1. The molecule has 0 aliphatic heterocycles. The maximum Gasteiger partial charge on any atom is 0.163 e. The van der Waals surface area contributed by atoms with E-state index in [1.165, 1.54) is 53.9 Å². The summed E-state index contributed by atoms with van der Waals surface area (Å²) in [7, 11) is 0. The summed E-state index contributed by atoms with van der Waals surface area (Å²) in [6, 6.07) is 54.2. The van der Waals surface area contributed by atoms with E-state index in [0.29, 0.717) is 0 Å². The minimum atomic E-state index is 0.844. The molecule has 0 aliphatic carbocycles. The second-order valence-corrected chi connectivity index (χ2v) is 12.9. The molecule has 214 valence electrons. The number of rotatable bonds is 3. The molecule has 10 rings (SSSR count). The van der Waals surface area contributed by atoms with Crippen molar-refractivity contribution in [2.45, 2.75) is 0 Å². The Hall–Kier alpha value is -5.77. The van der Waals surface area contributed by atoms with Crippen molar-refractivity contribution in [3.05, 3.63) is 152 Å². The van der Waals surface area contributed by atoms with Gasteiger partial charge in [-0.3, -0.25) is 0 Å². The zero-order chi connectivity index (χ0) is 30.2. The number of para-hydroxylation sites is 1. The maximum atomic E-state index is 6.57. The SMILES string of the molecule is c1ccc(-c2c3ccccc3c(-c3ccc(-c4c5oc6ccccc6c5nc5c4sc4ccccc45)cc3)c3ccccc23)cc1. The summed E-state index contributed by atoms with van der Waals surface area (Å²) >= 11 is 1.79. The Balaban J connectivity index is 1.24. The van der Waals surface area contributed by atoms with Crippen LogP contribution in [-0.2, 0) is 0 Å². The number of hydrogen-bond acceptors (Lipinski definition) is 3. The predicted octanol–water partition coefficient (Wildman–Crippen LogP) is 12.7. The Morgan fingerprint density at radius 2 is 0.870 bits per heavy atom. The number of pyridine rings is 1. The van der Waals surface area contributed by atoms with Gasteiger partial charge in [0.15, 0.2) is 5.58 Å². The largest absolute Gasteiger partial charge is 0.454 e. The van der Waals surface area contributed by atoms with E-state index in [9.17, 15) is 0 Å². The second-order valence-electron chi connectivity index (χ2n) is 11.8. The Bertz CT molecular complexity index is 2640. The predicted molar refractivity (Wildman–Crippen MR) is 196 cm³/mol. The van der Waals surface area contributed by atoms with Crippen molar-refractivity contribution in [3.8, 4) is 33.4 Å². The minimum Gasteiger partial charge on any atom is -0.454 e. The molecule has 0 unspecified atom stereocenters. The van der Waals surface area contributed by atoms with Crippen molar-refractivity contribution in [2.24, 2.45) is 0 Å². The molecular formula is C43H25NOS. The molecular weight excluding hydrogens is 579 g/mol. The molecule has 3 heterocycles. The van der Waals surface area contributed by atoms with Crippen LogP contribution in [0.4, 0.5) is 0 Å². The van der Waals surface area contributed by atoms with Gasteiger partial charge in [0.2, 0.25) is 0 Å². The van der Waals surface area contributed by atoms with Gasteiger partial charge in [-0.2, -0.15) is 0 Å². The van der Waals surface area contributed by atoms with E-state index in [1.807, 2.05) is 12.1 Å². The number of aromatic nitrogens is 1. The van der Waals surface area contributed by atoms with Gasteiger partial charge >= 0.3 is 0 Å². The first-order valence-corrected chi connectivity index (χ1v) is 16.4. The fourth-order valence-corrected chi connectivity index (χ4v) is 8.47. The van der Waals surface area contributed by atoms with Gasteiger partial charge in [0, 0.05) is 21.0 Å². The summed E-state index contributed by atoms with van der Waals surface area (Å²) in [6.07, 6.45) is 0. The summed E-state index contributed by atoms with van der Waals surface area (Å²) in [5, 5.41) is 7.26. The Morgan fingerprint density at radius 1 is 0.391 bits per heavy atom. The summed E-state index contributed by atoms with van der Waals surface area (Å²) in [6.45, 7) is 0. The molecule has 3 heteroatoms. The molecule has 0 atom stereocenters. The van der Waals surface area contributed by atoms with E-state index >= 15 is 0 Å². The highest BCUT2D eigenvalue weighted by Gasteiger charge is 2.22. The smallest absolute Gasteiger partial charge is 0.163 e. The third-order valence-corrected chi connectivity index (χ3v) is 10.4. The maximum absolute atomic E-state index is 6.57. The number of hydrogen-bond donors (Lipinski definition) is 0. The van der Waals surface area contributed by atoms with Gasteiger partial charge in [-0.25, -0.2) is 4.98 Å². The molecule has 0 amide bonds. The molecule has 46 heavy (non-hydrogen) atoms. The van der Waals surface area contributed by atoms with Crippen molar-refractivity contribution in [1.82, 2.24) is 4.98 Å². The summed E-state index contributed by atoms with van der Waals surface area (Å²) in [5.41, 5.74) is 10.9. The van der Waals surface area contributed by atoms with Crippen LogP contribution >= 0.6 is 11.3 Å². The molecule has 3 aromatic heterocycles. The fourth-order valence-electron chi connectivity index (χ4n) is 7.26. The Kier molecular flexibility index (Phi) is 5.48. The average molecular weight is 604 g/mol. The fraction of sp³-hybridized carbons (Fsp3) is 0. The lowest BCUT2D eigenvalue weighted by Gasteiger charge is -2.18. The first kappa shape index (κ1) is 25.5. The molecule has 0 aliphatic rings. The highest BCUT2D eigenvalue weighted by molar-refractivity contribution is 7.26. The van der Waals surface area contributed by atoms with Crippen molar-refractivity contribution in [1.29, 1.82) is 0 Å². The molecule has 10 aromatic rings. The lowest BCUT2D eigenvalue weighted by Crippen LogP contribution is -1.91. The summed E-state index contributed by atoms with van der Waals surface area (Å²) in [5.74, 6) is 0. The van der Waals surface area contributed by atoms with Gasteiger partial charge in [0.25, 0.3) is 0 Å². The van der Waals surface area contributed by atoms with Gasteiger partial charge in [-0.05, 0) is 67.6 Å². The monoisotopic (exact) mass is 603 g/mol. The lowest BCUT2D eigenvalue weighted by atomic mass is 9.86. The Labute approximate surface area is 268 Å². The molecule has 0 spiro atoms. The standard InChI is InChI=1S/C43H25NOS/c1-2-12-26(13-3-1)37-29-14-4-6-16-31(29)38(32-17-7-5-15-30(32)37)27-22-24-28(25-23-27)39-42-40(33-18-8-10-20-35(33)45-42)44-41-34-19-9-11-21-36(34)46-43(39)41/h1-25H. The summed E-state index contributed by atoms with van der Waals surface area (Å²) in [4.78, 5) is 5.22.